The van der Waals surface area contributed by atoms with E-state index in [1.54, 1.807) is 25.5 Å². The van der Waals surface area contributed by atoms with Crippen LogP contribution in [0.3, 0.4) is 0 Å². The number of likely N-dealkylation sites (N-methyl/N-ethyl adjacent to an activating group) is 2. The number of carbonyl (C=O) groups is 1. The summed E-state index contributed by atoms with van der Waals surface area (Å²) in [5, 5.41) is 0.749. The quantitative estimate of drug-likeness (QED) is 0.246. The molecular weight excluding hydrogens is 500 g/mol. The van der Waals surface area contributed by atoms with Crippen LogP contribution < -0.4 is 10.5 Å². The van der Waals surface area contributed by atoms with E-state index in [0.29, 0.717) is 18.0 Å². The number of nitrogens with zero attached hydrogens (tertiary/aromatic N) is 7. The fraction of sp³-hybridized carbons (Fsp3) is 0.407. The number of primary amides is 1. The van der Waals surface area contributed by atoms with E-state index in [2.05, 4.69) is 49.9 Å². The highest BCUT2D eigenvalue weighted by molar-refractivity contribution is 7.20. The van der Waals surface area contributed by atoms with Crippen molar-refractivity contribution in [1.82, 2.24) is 29.7 Å². The maximum Gasteiger partial charge on any atom is 0.317 e. The lowest BCUT2D eigenvalue weighted by Crippen LogP contribution is -2.38. The lowest BCUT2D eigenvalue weighted by atomic mass is 10.1. The summed E-state index contributed by atoms with van der Waals surface area (Å²) in [6.07, 6.45) is 7.56. The summed E-state index contributed by atoms with van der Waals surface area (Å²) in [6, 6.07) is 5.87. The molecule has 0 fully saturated rings. The van der Waals surface area contributed by atoms with Crippen LogP contribution in [0.5, 0.6) is 6.01 Å². The van der Waals surface area contributed by atoms with Crippen LogP contribution in [0, 0.1) is 0 Å². The molecule has 3 rings (SSSR count). The lowest BCUT2D eigenvalue weighted by molar-refractivity contribution is -0.119. The SMILES string of the molecule is CC=C(C=C(C)CN(C)CCN(CC)CC(N)=O)COc1nccc(C(=NC)c2nc3cccnc3s2)n1. The van der Waals surface area contributed by atoms with Gasteiger partial charge < -0.3 is 15.4 Å². The van der Waals surface area contributed by atoms with E-state index in [1.165, 1.54) is 16.9 Å². The molecule has 3 aromatic rings. The number of rotatable bonds is 14. The number of hydrogen-bond donors (Lipinski definition) is 1. The zero-order valence-corrected chi connectivity index (χ0v) is 23.5. The monoisotopic (exact) mass is 536 g/mol. The zero-order chi connectivity index (χ0) is 27.5. The van der Waals surface area contributed by atoms with Crippen molar-refractivity contribution < 1.29 is 9.53 Å². The molecule has 0 bridgehead atoms. The minimum absolute atomic E-state index is 0.277. The van der Waals surface area contributed by atoms with Crippen LogP contribution in [0.1, 0.15) is 31.5 Å². The summed E-state index contributed by atoms with van der Waals surface area (Å²) in [5.41, 5.74) is 9.69. The van der Waals surface area contributed by atoms with Gasteiger partial charge in [0.05, 0.1) is 12.2 Å². The predicted molar refractivity (Wildman–Crippen MR) is 153 cm³/mol. The third kappa shape index (κ3) is 8.51. The van der Waals surface area contributed by atoms with E-state index in [-0.39, 0.29) is 18.5 Å². The van der Waals surface area contributed by atoms with Gasteiger partial charge >= 0.3 is 6.01 Å². The summed E-state index contributed by atoms with van der Waals surface area (Å²) >= 11 is 1.47. The molecule has 0 atom stereocenters. The van der Waals surface area contributed by atoms with Crippen LogP contribution in [-0.4, -0.2) is 94.8 Å². The van der Waals surface area contributed by atoms with E-state index >= 15 is 0 Å². The Morgan fingerprint density at radius 2 is 2.00 bits per heavy atom. The number of thiazole rings is 1. The largest absolute Gasteiger partial charge is 0.459 e. The average Bonchev–Trinajstić information content (AvgIpc) is 3.33. The van der Waals surface area contributed by atoms with Crippen LogP contribution in [0.2, 0.25) is 0 Å². The van der Waals surface area contributed by atoms with Gasteiger partial charge in [0, 0.05) is 39.1 Å². The second-order valence-corrected chi connectivity index (χ2v) is 9.84. The maximum atomic E-state index is 11.2. The Hall–Kier alpha value is -3.54. The lowest BCUT2D eigenvalue weighted by Gasteiger charge is -2.23. The number of amides is 1. The summed E-state index contributed by atoms with van der Waals surface area (Å²) in [5.74, 6) is -0.301. The molecule has 0 saturated heterocycles. The van der Waals surface area contributed by atoms with Gasteiger partial charge in [0.25, 0.3) is 0 Å². The van der Waals surface area contributed by atoms with Crippen molar-refractivity contribution in [2.75, 3.05) is 53.4 Å². The van der Waals surface area contributed by atoms with Gasteiger partial charge in [-0.3, -0.25) is 14.7 Å². The average molecular weight is 537 g/mol. The van der Waals surface area contributed by atoms with Crippen molar-refractivity contribution in [3.63, 3.8) is 0 Å². The van der Waals surface area contributed by atoms with Crippen molar-refractivity contribution in [3.8, 4) is 6.01 Å². The first-order valence-electron chi connectivity index (χ1n) is 12.5. The molecule has 38 heavy (non-hydrogen) atoms. The van der Waals surface area contributed by atoms with Gasteiger partial charge in [-0.2, -0.15) is 4.98 Å². The number of allylic oxidation sites excluding steroid dienone is 1. The van der Waals surface area contributed by atoms with Crippen LogP contribution in [0.25, 0.3) is 10.3 Å². The highest BCUT2D eigenvalue weighted by Gasteiger charge is 2.15. The molecule has 0 spiro atoms. The number of pyridine rings is 1. The van der Waals surface area contributed by atoms with Crippen LogP contribution >= 0.6 is 11.3 Å². The molecule has 202 valence electrons. The van der Waals surface area contributed by atoms with Crippen molar-refractivity contribution in [1.29, 1.82) is 0 Å². The molecule has 2 N–H and O–H groups in total. The fourth-order valence-electron chi connectivity index (χ4n) is 3.84. The molecule has 1 amide bonds. The summed E-state index contributed by atoms with van der Waals surface area (Å²) in [4.78, 5) is 38.6. The maximum absolute atomic E-state index is 11.2. The number of fused-ring (bicyclic) bond motifs is 1. The van der Waals surface area contributed by atoms with Gasteiger partial charge in [-0.1, -0.05) is 36.0 Å². The third-order valence-electron chi connectivity index (χ3n) is 5.78. The minimum atomic E-state index is -0.301. The molecule has 3 heterocycles. The molecule has 0 saturated carbocycles. The fourth-order valence-corrected chi connectivity index (χ4v) is 4.79. The molecule has 10 nitrogen and oxygen atoms in total. The van der Waals surface area contributed by atoms with Gasteiger partial charge in [0.15, 0.2) is 0 Å². The Kier molecular flexibility index (Phi) is 11.0. The third-order valence-corrected chi connectivity index (χ3v) is 6.77. The Labute approximate surface area is 228 Å². The number of aromatic nitrogens is 4. The number of aliphatic imine (C=N–C) groups is 1. The van der Waals surface area contributed by atoms with Gasteiger partial charge in [-0.25, -0.2) is 15.0 Å². The normalized spacial score (nSPS) is 13.1. The summed E-state index contributed by atoms with van der Waals surface area (Å²) in [7, 11) is 3.78. The number of nitrogens with two attached hydrogens (primary N) is 1. The van der Waals surface area contributed by atoms with Crippen LogP contribution in [0.4, 0.5) is 0 Å². The topological polar surface area (TPSA) is 123 Å². The van der Waals surface area contributed by atoms with Gasteiger partial charge in [-0.05, 0) is 51.2 Å². The van der Waals surface area contributed by atoms with Crippen LogP contribution in [0.15, 0.2) is 58.9 Å². The summed E-state index contributed by atoms with van der Waals surface area (Å²) in [6.45, 7) is 9.93. The van der Waals surface area contributed by atoms with E-state index in [0.717, 1.165) is 47.1 Å². The molecule has 0 aliphatic carbocycles. The van der Waals surface area contributed by atoms with Gasteiger partial charge in [0.1, 0.15) is 27.7 Å². The first-order chi connectivity index (χ1) is 18.3. The predicted octanol–water partition coefficient (Wildman–Crippen LogP) is 2.96. The Bertz CT molecular complexity index is 1280. The Morgan fingerprint density at radius 1 is 1.18 bits per heavy atom. The standard InChI is InChI=1S/C27H36N8O2S/c1-6-20(15-19(3)16-34(5)13-14-35(7-2)17-23(28)36)18-37-27-31-12-10-21(33-27)24(29-4)26-32-22-9-8-11-30-25(22)38-26/h6,8-12,15H,7,13-14,16-18H2,1-5H3,(H2,28,36). The molecule has 0 aliphatic heterocycles. The van der Waals surface area contributed by atoms with Crippen molar-refractivity contribution in [2.24, 2.45) is 10.7 Å². The van der Waals surface area contributed by atoms with Gasteiger partial charge in [-0.15, -0.1) is 0 Å². The molecule has 0 radical (unpaired) electrons. The second kappa shape index (κ2) is 14.4. The van der Waals surface area contributed by atoms with Crippen molar-refractivity contribution in [3.05, 3.63) is 64.6 Å². The molecule has 11 heteroatoms. The van der Waals surface area contributed by atoms with Crippen molar-refractivity contribution in [2.45, 2.75) is 20.8 Å². The number of hydrogen-bond acceptors (Lipinski definition) is 10. The zero-order valence-electron chi connectivity index (χ0n) is 22.7. The number of ether oxygens (including phenoxy) is 1. The smallest absolute Gasteiger partial charge is 0.317 e. The van der Waals surface area contributed by atoms with Crippen molar-refractivity contribution >= 4 is 33.3 Å². The molecule has 0 unspecified atom stereocenters. The molecule has 0 aromatic carbocycles. The molecule has 3 aromatic heterocycles. The highest BCUT2D eigenvalue weighted by atomic mass is 32.1. The molecular formula is C27H36N8O2S. The highest BCUT2D eigenvalue weighted by Crippen LogP contribution is 2.22. The first-order valence-corrected chi connectivity index (χ1v) is 13.3. The first kappa shape index (κ1) is 29.0. The minimum Gasteiger partial charge on any atom is -0.459 e. The van der Waals surface area contributed by atoms with E-state index in [9.17, 15) is 4.79 Å². The Balaban J connectivity index is 1.59. The molecule has 0 aliphatic rings. The Morgan fingerprint density at radius 3 is 2.68 bits per heavy atom. The van der Waals surface area contributed by atoms with Gasteiger partial charge in [0.2, 0.25) is 5.91 Å². The number of carbonyl (C=O) groups excluding carboxylic acids is 1. The van der Waals surface area contributed by atoms with E-state index in [1.807, 2.05) is 37.0 Å². The van der Waals surface area contributed by atoms with E-state index in [4.69, 9.17) is 10.5 Å². The second-order valence-electron chi connectivity index (χ2n) is 8.86. The summed E-state index contributed by atoms with van der Waals surface area (Å²) < 4.78 is 5.94. The van der Waals surface area contributed by atoms with Crippen LogP contribution in [-0.2, 0) is 4.79 Å². The van der Waals surface area contributed by atoms with E-state index < -0.39 is 0 Å².